The summed E-state index contributed by atoms with van der Waals surface area (Å²) in [6, 6.07) is 8.02. The van der Waals surface area contributed by atoms with E-state index < -0.39 is 6.10 Å². The maximum absolute atomic E-state index is 10.7. The summed E-state index contributed by atoms with van der Waals surface area (Å²) in [5.41, 5.74) is 0.998. The normalized spacial score (nSPS) is 20.7. The number of benzene rings is 1. The van der Waals surface area contributed by atoms with Gasteiger partial charge in [0.15, 0.2) is 0 Å². The zero-order valence-electron chi connectivity index (χ0n) is 14.7. The van der Waals surface area contributed by atoms with Crippen LogP contribution in [-0.4, -0.2) is 36.5 Å². The van der Waals surface area contributed by atoms with Crippen molar-refractivity contribution in [3.05, 3.63) is 58.7 Å². The minimum Gasteiger partial charge on any atom is -0.497 e. The Morgan fingerprint density at radius 3 is 2.62 bits per heavy atom. The standard InChI is InChI=1S/C20H25NO3/c1-20(2,3)21-12-17(22)19-15-8-6-5-7-14(15)16-11-13(23-4)9-10-18(16)24-19/h5-11,17-18,21-22H,12H2,1-4H3. The molecular weight excluding hydrogens is 302 g/mol. The molecule has 0 bridgehead atoms. The molecule has 2 unspecified atom stereocenters. The number of aliphatic hydroxyl groups excluding tert-OH is 1. The van der Waals surface area contributed by atoms with E-state index in [1.807, 2.05) is 36.4 Å². The summed E-state index contributed by atoms with van der Waals surface area (Å²) in [5.74, 6) is 1.42. The molecule has 24 heavy (non-hydrogen) atoms. The molecule has 3 rings (SSSR count). The maximum Gasteiger partial charge on any atom is 0.143 e. The molecular formula is C20H25NO3. The molecule has 0 fully saturated rings. The highest BCUT2D eigenvalue weighted by Crippen LogP contribution is 2.25. The van der Waals surface area contributed by atoms with E-state index in [0.717, 1.165) is 21.8 Å². The van der Waals surface area contributed by atoms with E-state index in [-0.39, 0.29) is 11.6 Å². The fourth-order valence-electron chi connectivity index (χ4n) is 2.93. The van der Waals surface area contributed by atoms with Crippen molar-refractivity contribution in [3.8, 4) is 0 Å². The van der Waals surface area contributed by atoms with Gasteiger partial charge in [-0.05, 0) is 44.2 Å². The topological polar surface area (TPSA) is 50.7 Å². The van der Waals surface area contributed by atoms with Gasteiger partial charge < -0.3 is 19.9 Å². The third kappa shape index (κ3) is 3.40. The van der Waals surface area contributed by atoms with Gasteiger partial charge in [-0.25, -0.2) is 0 Å². The fourth-order valence-corrected chi connectivity index (χ4v) is 2.93. The molecule has 0 saturated carbocycles. The van der Waals surface area contributed by atoms with Crippen molar-refractivity contribution in [2.45, 2.75) is 38.5 Å². The lowest BCUT2D eigenvalue weighted by Gasteiger charge is -2.30. The van der Waals surface area contributed by atoms with Crippen LogP contribution in [0, 0.1) is 0 Å². The molecule has 0 aromatic heterocycles. The van der Waals surface area contributed by atoms with Gasteiger partial charge in [0.25, 0.3) is 0 Å². The van der Waals surface area contributed by atoms with E-state index in [9.17, 15) is 5.11 Å². The quantitative estimate of drug-likeness (QED) is 0.872. The van der Waals surface area contributed by atoms with Gasteiger partial charge in [0.1, 0.15) is 23.7 Å². The van der Waals surface area contributed by atoms with Crippen molar-refractivity contribution in [3.63, 3.8) is 0 Å². The number of β-amino-alcohol motifs (C(OH)–C–C–N with tert-alkyl or cyclic N) is 1. The molecule has 1 aromatic carbocycles. The van der Waals surface area contributed by atoms with E-state index in [1.54, 1.807) is 7.11 Å². The number of hydrogen-bond acceptors (Lipinski definition) is 4. The van der Waals surface area contributed by atoms with Gasteiger partial charge in [0.05, 0.1) is 7.11 Å². The molecule has 1 aromatic rings. The molecule has 2 aliphatic rings. The van der Waals surface area contributed by atoms with Crippen molar-refractivity contribution in [2.75, 3.05) is 13.7 Å². The molecule has 0 spiro atoms. The van der Waals surface area contributed by atoms with Crippen LogP contribution >= 0.6 is 0 Å². The van der Waals surface area contributed by atoms with Crippen LogP contribution in [0.15, 0.2) is 48.3 Å². The highest BCUT2D eigenvalue weighted by Gasteiger charge is 2.27. The average Bonchev–Trinajstić information content (AvgIpc) is 2.58. The Morgan fingerprint density at radius 2 is 1.96 bits per heavy atom. The predicted octanol–water partition coefficient (Wildman–Crippen LogP) is 1.19. The Bertz CT molecular complexity index is 799. The Kier molecular flexibility index (Phi) is 4.52. The van der Waals surface area contributed by atoms with Gasteiger partial charge in [0.2, 0.25) is 0 Å². The van der Waals surface area contributed by atoms with E-state index in [2.05, 4.69) is 32.2 Å². The summed E-state index contributed by atoms with van der Waals surface area (Å²) < 4.78 is 11.5. The molecule has 0 amide bonds. The first-order chi connectivity index (χ1) is 11.4. The number of nitrogens with one attached hydrogen (secondary N) is 1. The summed E-state index contributed by atoms with van der Waals surface area (Å²) in [4.78, 5) is 0. The monoisotopic (exact) mass is 327 g/mol. The van der Waals surface area contributed by atoms with Gasteiger partial charge in [-0.2, -0.15) is 0 Å². The number of rotatable bonds is 4. The lowest BCUT2D eigenvalue weighted by atomic mass is 9.96. The first-order valence-corrected chi connectivity index (χ1v) is 8.26. The van der Waals surface area contributed by atoms with Gasteiger partial charge in [-0.3, -0.25) is 0 Å². The number of methoxy groups -OCH3 is 1. The molecule has 0 saturated heterocycles. The van der Waals surface area contributed by atoms with Gasteiger partial charge >= 0.3 is 0 Å². The second-order valence-electron chi connectivity index (χ2n) is 7.16. The van der Waals surface area contributed by atoms with Crippen LogP contribution in [0.5, 0.6) is 0 Å². The largest absolute Gasteiger partial charge is 0.497 e. The van der Waals surface area contributed by atoms with Crippen molar-refractivity contribution >= 4 is 11.3 Å². The lowest BCUT2D eigenvalue weighted by molar-refractivity contribution is 0.138. The molecule has 0 radical (unpaired) electrons. The van der Waals surface area contributed by atoms with Crippen LogP contribution in [0.3, 0.4) is 0 Å². The minimum absolute atomic E-state index is 0.0617. The predicted molar refractivity (Wildman–Crippen MR) is 95.4 cm³/mol. The average molecular weight is 327 g/mol. The molecule has 1 aliphatic carbocycles. The lowest BCUT2D eigenvalue weighted by Crippen LogP contribution is -2.46. The third-order valence-corrected chi connectivity index (χ3v) is 4.16. The van der Waals surface area contributed by atoms with Gasteiger partial charge in [0, 0.05) is 22.9 Å². The van der Waals surface area contributed by atoms with E-state index in [0.29, 0.717) is 12.3 Å². The molecule has 4 heteroatoms. The fraction of sp³-hybridized carbons (Fsp3) is 0.400. The van der Waals surface area contributed by atoms with Crippen LogP contribution in [-0.2, 0) is 9.47 Å². The number of allylic oxidation sites excluding steroid dienone is 1. The van der Waals surface area contributed by atoms with Crippen molar-refractivity contribution in [2.24, 2.45) is 0 Å². The summed E-state index contributed by atoms with van der Waals surface area (Å²) in [7, 11) is 1.66. The first kappa shape index (κ1) is 16.8. The maximum atomic E-state index is 10.7. The van der Waals surface area contributed by atoms with Crippen LogP contribution in [0.1, 0.15) is 20.8 Å². The Balaban J connectivity index is 2.07. The minimum atomic E-state index is -0.701. The second kappa shape index (κ2) is 6.46. The molecule has 2 atom stereocenters. The summed E-state index contributed by atoms with van der Waals surface area (Å²) in [6.07, 6.45) is 4.97. The van der Waals surface area contributed by atoms with Crippen LogP contribution < -0.4 is 15.8 Å². The number of fused-ring (bicyclic) bond motifs is 2. The molecule has 1 aliphatic heterocycles. The summed E-state index contributed by atoms with van der Waals surface area (Å²) in [5, 5.41) is 16.0. The summed E-state index contributed by atoms with van der Waals surface area (Å²) >= 11 is 0. The van der Waals surface area contributed by atoms with Gasteiger partial charge in [-0.15, -0.1) is 0 Å². The molecule has 1 heterocycles. The first-order valence-electron chi connectivity index (χ1n) is 8.26. The second-order valence-corrected chi connectivity index (χ2v) is 7.16. The van der Waals surface area contributed by atoms with Gasteiger partial charge in [-0.1, -0.05) is 24.3 Å². The van der Waals surface area contributed by atoms with E-state index >= 15 is 0 Å². The number of ether oxygens (including phenoxy) is 2. The number of hydrogen-bond donors (Lipinski definition) is 2. The third-order valence-electron chi connectivity index (χ3n) is 4.16. The highest BCUT2D eigenvalue weighted by atomic mass is 16.5. The van der Waals surface area contributed by atoms with Crippen molar-refractivity contribution in [1.82, 2.24) is 5.32 Å². The van der Waals surface area contributed by atoms with Crippen molar-refractivity contribution in [1.29, 1.82) is 0 Å². The number of aliphatic hydroxyl groups is 1. The van der Waals surface area contributed by atoms with Crippen LogP contribution in [0.2, 0.25) is 0 Å². The highest BCUT2D eigenvalue weighted by molar-refractivity contribution is 5.70. The summed E-state index contributed by atoms with van der Waals surface area (Å²) in [6.45, 7) is 6.67. The molecule has 4 nitrogen and oxygen atoms in total. The molecule has 128 valence electrons. The van der Waals surface area contributed by atoms with E-state index in [4.69, 9.17) is 9.47 Å². The van der Waals surface area contributed by atoms with Crippen LogP contribution in [0.25, 0.3) is 11.3 Å². The zero-order valence-corrected chi connectivity index (χ0v) is 14.7. The zero-order chi connectivity index (χ0) is 17.3. The SMILES string of the molecule is COC1=CC2=c3ccccc3=C(C(O)CNC(C)(C)C)OC2C=C1. The Hall–Kier alpha value is -2.04. The Labute approximate surface area is 142 Å². The van der Waals surface area contributed by atoms with Crippen molar-refractivity contribution < 1.29 is 14.6 Å². The smallest absolute Gasteiger partial charge is 0.143 e. The van der Waals surface area contributed by atoms with E-state index in [1.165, 1.54) is 0 Å². The Morgan fingerprint density at radius 1 is 1.25 bits per heavy atom. The molecule has 2 N–H and O–H groups in total. The van der Waals surface area contributed by atoms with Crippen LogP contribution in [0.4, 0.5) is 0 Å².